The fourth-order valence-corrected chi connectivity index (χ4v) is 10.1. The summed E-state index contributed by atoms with van der Waals surface area (Å²) < 4.78 is 0. The van der Waals surface area contributed by atoms with Gasteiger partial charge in [-0.05, 0) is 168 Å². The second-order valence-electron chi connectivity index (χ2n) is 18.8. The maximum Gasteiger partial charge on any atom is 0.0715 e. The highest BCUT2D eigenvalue weighted by Gasteiger charge is 2.17. The largest absolute Gasteiger partial charge is 0.248 e. The highest BCUT2D eigenvalue weighted by atomic mass is 14.7. The van der Waals surface area contributed by atoms with Crippen molar-refractivity contribution in [3.05, 3.63) is 296 Å². The molecule has 2 nitrogen and oxygen atoms in total. The summed E-state index contributed by atoms with van der Waals surface area (Å²) in [6, 6.07) is 95.0. The SMILES string of the molecule is C=C(/C=C(\C=C(/CC)c1c#cccc1)c1cc(-c2cc(-c3ccccc3)nc(-c3ccc4ccccc4c3)c2)cc(-c2cc(-c3ccccc3)nc(-c3ccc4ccccc4c3)c2)c1)c1cccc2ccccc12. The Morgan fingerprint density at radius 2 is 0.892 bits per heavy atom. The fourth-order valence-electron chi connectivity index (χ4n) is 10.1. The van der Waals surface area contributed by atoms with Crippen LogP contribution in [0.1, 0.15) is 30.0 Å². The molecule has 0 spiro atoms. The van der Waals surface area contributed by atoms with Crippen LogP contribution in [0.25, 0.3) is 116 Å². The van der Waals surface area contributed by atoms with E-state index in [9.17, 15) is 0 Å². The van der Waals surface area contributed by atoms with Crippen molar-refractivity contribution in [1.82, 2.24) is 9.97 Å². The molecule has 12 rings (SSSR count). The molecule has 10 aromatic carbocycles. The Kier molecular flexibility index (Phi) is 12.4. The molecule has 74 heavy (non-hydrogen) atoms. The van der Waals surface area contributed by atoms with Crippen molar-refractivity contribution in [2.45, 2.75) is 13.3 Å². The average molecular weight is 943 g/mol. The van der Waals surface area contributed by atoms with Crippen molar-refractivity contribution in [3.8, 4) is 67.3 Å². The molecular weight excluding hydrogens is 893 g/mol. The summed E-state index contributed by atoms with van der Waals surface area (Å²) >= 11 is 0. The topological polar surface area (TPSA) is 25.8 Å². The first kappa shape index (κ1) is 45.5. The summed E-state index contributed by atoms with van der Waals surface area (Å²) in [6.45, 7) is 7.00. The first-order valence-corrected chi connectivity index (χ1v) is 25.3. The molecule has 0 fully saturated rings. The quantitative estimate of drug-likeness (QED) is 0.114. The highest BCUT2D eigenvalue weighted by Crippen LogP contribution is 2.40. The van der Waals surface area contributed by atoms with Gasteiger partial charge in [-0.2, -0.15) is 0 Å². The van der Waals surface area contributed by atoms with E-state index >= 15 is 0 Å². The third kappa shape index (κ3) is 9.47. The average Bonchev–Trinajstić information content (AvgIpc) is 3.48. The van der Waals surface area contributed by atoms with Crippen molar-refractivity contribution in [2.75, 3.05) is 0 Å². The molecule has 12 aromatic rings. The number of nitrogens with zero attached hydrogens (tertiary/aromatic N) is 2. The summed E-state index contributed by atoms with van der Waals surface area (Å²) in [5, 5.41) is 7.06. The second-order valence-corrected chi connectivity index (χ2v) is 18.8. The third-order valence-corrected chi connectivity index (χ3v) is 14.0. The van der Waals surface area contributed by atoms with Gasteiger partial charge < -0.3 is 0 Å². The number of benzene rings is 9. The van der Waals surface area contributed by atoms with Crippen molar-refractivity contribution in [1.29, 1.82) is 0 Å². The fraction of sp³-hybridized carbons (Fsp3) is 0.0278. The Morgan fingerprint density at radius 3 is 1.43 bits per heavy atom. The van der Waals surface area contributed by atoms with Crippen LogP contribution in [0.5, 0.6) is 0 Å². The van der Waals surface area contributed by atoms with Crippen molar-refractivity contribution < 1.29 is 0 Å². The van der Waals surface area contributed by atoms with Gasteiger partial charge in [0.1, 0.15) is 0 Å². The van der Waals surface area contributed by atoms with Crippen LogP contribution in [-0.4, -0.2) is 9.97 Å². The van der Waals surface area contributed by atoms with E-state index in [-0.39, 0.29) is 0 Å². The van der Waals surface area contributed by atoms with E-state index in [1.54, 1.807) is 0 Å². The molecule has 0 aliphatic heterocycles. The van der Waals surface area contributed by atoms with E-state index in [0.717, 1.165) is 113 Å². The van der Waals surface area contributed by atoms with Gasteiger partial charge in [-0.25, -0.2) is 9.97 Å². The number of hydrogen-bond donors (Lipinski definition) is 0. The zero-order valence-electron chi connectivity index (χ0n) is 41.1. The molecule has 348 valence electrons. The molecule has 0 amide bonds. The van der Waals surface area contributed by atoms with Crippen LogP contribution in [0.4, 0.5) is 0 Å². The summed E-state index contributed by atoms with van der Waals surface area (Å²) in [4.78, 5) is 10.8. The van der Waals surface area contributed by atoms with Crippen LogP contribution in [0.2, 0.25) is 0 Å². The lowest BCUT2D eigenvalue weighted by Crippen LogP contribution is -1.95. The van der Waals surface area contributed by atoms with Crippen LogP contribution >= 0.6 is 0 Å². The van der Waals surface area contributed by atoms with Gasteiger partial charge in [-0.1, -0.05) is 208 Å². The van der Waals surface area contributed by atoms with Gasteiger partial charge in [-0.3, -0.25) is 0 Å². The van der Waals surface area contributed by atoms with Gasteiger partial charge in [0.2, 0.25) is 0 Å². The van der Waals surface area contributed by atoms with Crippen LogP contribution in [0.15, 0.2) is 267 Å². The lowest BCUT2D eigenvalue weighted by atomic mass is 9.88. The van der Waals surface area contributed by atoms with E-state index < -0.39 is 0 Å². The molecule has 2 aromatic heterocycles. The monoisotopic (exact) mass is 942 g/mol. The van der Waals surface area contributed by atoms with Crippen molar-refractivity contribution in [2.24, 2.45) is 0 Å². The van der Waals surface area contributed by atoms with E-state index in [4.69, 9.17) is 16.5 Å². The summed E-state index contributed by atoms with van der Waals surface area (Å²) in [5.41, 5.74) is 18.2. The molecule has 2 heterocycles. The molecule has 0 atom stereocenters. The third-order valence-electron chi connectivity index (χ3n) is 14.0. The summed E-state index contributed by atoms with van der Waals surface area (Å²) in [7, 11) is 0. The standard InChI is InChI=1S/C72H50N2/c1-3-50(51-20-7-4-8-21-51)39-61(38-49(2)67-33-19-31-54-24-17-18-32-68(54)67)62-42-63(65-45-69(55-25-9-5-10-26-55)73-71(47-65)59-36-34-52-22-13-15-29-57(52)40-59)44-64(43-62)66-46-70(56-27-11-6-12-28-56)74-72(48-66)60-37-35-53-23-14-16-30-58(53)41-60/h4-7,9-20,22-48H,2-3H2,1H3/b50-39+,61-38+. The molecule has 0 aliphatic carbocycles. The molecule has 0 N–H and O–H groups in total. The highest BCUT2D eigenvalue weighted by molar-refractivity contribution is 6.00. The van der Waals surface area contributed by atoms with Crippen LogP contribution in [-0.2, 0) is 0 Å². The lowest BCUT2D eigenvalue weighted by Gasteiger charge is -2.17. The Labute approximate surface area is 433 Å². The maximum atomic E-state index is 5.39. The minimum Gasteiger partial charge on any atom is -0.248 e. The second kappa shape index (κ2) is 20.2. The van der Waals surface area contributed by atoms with E-state index in [0.29, 0.717) is 0 Å². The molecule has 0 unspecified atom stereocenters. The summed E-state index contributed by atoms with van der Waals surface area (Å²) in [5.74, 6) is 0. The predicted molar refractivity (Wildman–Crippen MR) is 313 cm³/mol. The Hall–Kier alpha value is -9.68. The molecule has 0 saturated carbocycles. The Balaban J connectivity index is 1.13. The number of fused-ring (bicyclic) bond motifs is 3. The van der Waals surface area contributed by atoms with Gasteiger partial charge in [0, 0.05) is 27.8 Å². The summed E-state index contributed by atoms with van der Waals surface area (Å²) in [6.07, 6.45) is 5.38. The minimum absolute atomic E-state index is 0.790. The molecule has 0 radical (unpaired) electrons. The zero-order chi connectivity index (χ0) is 49.8. The van der Waals surface area contributed by atoms with Gasteiger partial charge >= 0.3 is 0 Å². The van der Waals surface area contributed by atoms with Gasteiger partial charge in [0.05, 0.1) is 22.8 Å². The van der Waals surface area contributed by atoms with Gasteiger partial charge in [0.25, 0.3) is 0 Å². The van der Waals surface area contributed by atoms with Crippen LogP contribution in [0, 0.1) is 12.1 Å². The van der Waals surface area contributed by atoms with E-state index in [1.165, 1.54) is 26.9 Å². The van der Waals surface area contributed by atoms with Crippen molar-refractivity contribution in [3.63, 3.8) is 0 Å². The molecule has 2 heteroatoms. The number of allylic oxidation sites excluding steroid dienone is 5. The molecule has 0 bridgehead atoms. The smallest absolute Gasteiger partial charge is 0.0715 e. The predicted octanol–water partition coefficient (Wildman–Crippen LogP) is 19.1. The first-order chi connectivity index (χ1) is 36.5. The maximum absolute atomic E-state index is 5.39. The number of hydrogen-bond acceptors (Lipinski definition) is 2. The Morgan fingerprint density at radius 1 is 0.405 bits per heavy atom. The van der Waals surface area contributed by atoms with Gasteiger partial charge in [-0.15, -0.1) is 0 Å². The normalized spacial score (nSPS) is 11.7. The lowest BCUT2D eigenvalue weighted by molar-refractivity contribution is 1.24. The first-order valence-electron chi connectivity index (χ1n) is 25.3. The minimum atomic E-state index is 0.790. The molecule has 0 saturated heterocycles. The van der Waals surface area contributed by atoms with Gasteiger partial charge in [0.15, 0.2) is 0 Å². The van der Waals surface area contributed by atoms with E-state index in [2.05, 4.69) is 268 Å². The Bertz CT molecular complexity index is 3920. The van der Waals surface area contributed by atoms with E-state index in [1.807, 2.05) is 12.1 Å². The number of pyridine rings is 2. The molecular formula is C72H50N2. The van der Waals surface area contributed by atoms with Crippen LogP contribution in [0.3, 0.4) is 0 Å². The number of aromatic nitrogens is 2. The zero-order valence-corrected chi connectivity index (χ0v) is 41.1. The van der Waals surface area contributed by atoms with Crippen molar-refractivity contribution >= 4 is 49.0 Å². The number of rotatable bonds is 12. The van der Waals surface area contributed by atoms with Crippen LogP contribution < -0.4 is 0 Å². The molecule has 0 aliphatic rings.